The summed E-state index contributed by atoms with van der Waals surface area (Å²) in [7, 11) is 0. The van der Waals surface area contributed by atoms with Gasteiger partial charge in [0, 0.05) is 0 Å². The lowest BCUT2D eigenvalue weighted by atomic mass is 9.98. The first kappa shape index (κ1) is 56.3. The number of hydrogen-bond acceptors (Lipinski definition) is 10. The Morgan fingerprint density at radius 1 is 0.567 bits per heavy atom. The normalized spacial score (nSPS) is 21.9. The van der Waals surface area contributed by atoms with Gasteiger partial charge in [-0.1, -0.05) is 166 Å². The van der Waals surface area contributed by atoms with E-state index in [1.807, 2.05) is 0 Å². The van der Waals surface area contributed by atoms with E-state index in [9.17, 15) is 40.5 Å². The molecule has 0 spiro atoms. The van der Waals surface area contributed by atoms with Crippen LogP contribution in [0.1, 0.15) is 200 Å². The molecule has 0 saturated carbocycles. The Labute approximate surface area is 365 Å². The summed E-state index contributed by atoms with van der Waals surface area (Å²) in [6.45, 7) is 3.36. The van der Waals surface area contributed by atoms with Crippen LogP contribution in [0.4, 0.5) is 0 Å². The van der Waals surface area contributed by atoms with Gasteiger partial charge in [-0.2, -0.15) is 0 Å². The molecule has 11 nitrogen and oxygen atoms in total. The van der Waals surface area contributed by atoms with Crippen molar-refractivity contribution in [3.8, 4) is 0 Å². The maximum absolute atomic E-state index is 13.0. The summed E-state index contributed by atoms with van der Waals surface area (Å²) in [5.74, 6) is -0.723. The molecule has 352 valence electrons. The molecule has 8 N–H and O–H groups in total. The summed E-state index contributed by atoms with van der Waals surface area (Å²) >= 11 is 0. The Morgan fingerprint density at radius 3 is 1.53 bits per heavy atom. The second kappa shape index (κ2) is 39.0. The van der Waals surface area contributed by atoms with Gasteiger partial charge in [0.15, 0.2) is 6.29 Å². The molecule has 0 bridgehead atoms. The third kappa shape index (κ3) is 28.1. The largest absolute Gasteiger partial charge is 0.394 e. The van der Waals surface area contributed by atoms with Gasteiger partial charge in [-0.15, -0.1) is 0 Å². The first-order valence-corrected chi connectivity index (χ1v) is 24.4. The monoisotopic (exact) mass is 854 g/mol. The van der Waals surface area contributed by atoms with Crippen molar-refractivity contribution in [2.45, 2.75) is 255 Å². The molecule has 60 heavy (non-hydrogen) atoms. The van der Waals surface area contributed by atoms with E-state index in [-0.39, 0.29) is 12.8 Å². The van der Waals surface area contributed by atoms with Crippen molar-refractivity contribution in [2.24, 2.45) is 0 Å². The lowest BCUT2D eigenvalue weighted by Gasteiger charge is -2.40. The van der Waals surface area contributed by atoms with Gasteiger partial charge in [0.25, 0.3) is 0 Å². The molecule has 1 aliphatic heterocycles. The topological polar surface area (TPSA) is 189 Å². The number of carbonyl (C=O) groups excluding carboxylic acids is 1. The van der Waals surface area contributed by atoms with E-state index in [1.54, 1.807) is 0 Å². The van der Waals surface area contributed by atoms with Crippen LogP contribution in [0.3, 0.4) is 0 Å². The molecule has 9 unspecified atom stereocenters. The number of aliphatic hydroxyl groups is 7. The van der Waals surface area contributed by atoms with Crippen molar-refractivity contribution >= 4 is 5.91 Å². The van der Waals surface area contributed by atoms with Crippen LogP contribution in [-0.2, 0) is 14.3 Å². The number of ether oxygens (including phenoxy) is 2. The van der Waals surface area contributed by atoms with Crippen LogP contribution in [-0.4, -0.2) is 110 Å². The van der Waals surface area contributed by atoms with E-state index in [0.29, 0.717) is 19.3 Å². The zero-order valence-corrected chi connectivity index (χ0v) is 37.9. The molecule has 0 aromatic heterocycles. The number of hydrogen-bond donors (Lipinski definition) is 8. The number of allylic oxidation sites excluding steroid dienone is 6. The molecule has 1 amide bonds. The Kier molecular flexibility index (Phi) is 36.6. The van der Waals surface area contributed by atoms with E-state index >= 15 is 0 Å². The van der Waals surface area contributed by atoms with Crippen LogP contribution >= 0.6 is 0 Å². The molecular weight excluding hydrogens is 763 g/mol. The van der Waals surface area contributed by atoms with Crippen molar-refractivity contribution in [1.82, 2.24) is 5.32 Å². The van der Waals surface area contributed by atoms with Crippen LogP contribution in [0, 0.1) is 0 Å². The maximum Gasteiger partial charge on any atom is 0.249 e. The van der Waals surface area contributed by atoms with Gasteiger partial charge in [-0.05, 0) is 70.6 Å². The Bertz CT molecular complexity index is 1070. The molecule has 1 aliphatic rings. The molecule has 0 aliphatic carbocycles. The molecule has 1 heterocycles. The van der Waals surface area contributed by atoms with E-state index in [2.05, 4.69) is 55.6 Å². The van der Waals surface area contributed by atoms with Crippen molar-refractivity contribution in [3.63, 3.8) is 0 Å². The zero-order chi connectivity index (χ0) is 44.1. The summed E-state index contributed by atoms with van der Waals surface area (Å²) in [6.07, 6.45) is 33.6. The zero-order valence-electron chi connectivity index (χ0n) is 37.9. The van der Waals surface area contributed by atoms with Crippen molar-refractivity contribution in [2.75, 3.05) is 13.2 Å². The van der Waals surface area contributed by atoms with E-state index in [0.717, 1.165) is 51.4 Å². The molecule has 0 aromatic carbocycles. The predicted molar refractivity (Wildman–Crippen MR) is 242 cm³/mol. The van der Waals surface area contributed by atoms with Gasteiger partial charge in [-0.25, -0.2) is 0 Å². The fourth-order valence-electron chi connectivity index (χ4n) is 7.55. The van der Waals surface area contributed by atoms with Crippen LogP contribution < -0.4 is 5.32 Å². The molecule has 1 fully saturated rings. The molecule has 9 atom stereocenters. The Morgan fingerprint density at radius 2 is 1.02 bits per heavy atom. The van der Waals surface area contributed by atoms with E-state index < -0.39 is 74.2 Å². The second-order valence-electron chi connectivity index (χ2n) is 17.2. The predicted octanol–water partition coefficient (Wildman–Crippen LogP) is 8.39. The van der Waals surface area contributed by atoms with Gasteiger partial charge in [-0.3, -0.25) is 4.79 Å². The van der Waals surface area contributed by atoms with Crippen LogP contribution in [0.2, 0.25) is 0 Å². The SMILES string of the molecule is CCCC/C=C\CCCCCCC(O)C(=O)NC(COC1OC(CO)C(O)C(O)C1O)C(O)C(O)CCC/C=C/CC/C=C/CCCCCCCCCCCCCCCC. The number of nitrogens with one attached hydrogen (secondary N) is 1. The number of aliphatic hydroxyl groups excluding tert-OH is 7. The molecule has 0 aromatic rings. The molecule has 1 saturated heterocycles. The summed E-state index contributed by atoms with van der Waals surface area (Å²) in [5, 5.41) is 75.5. The summed E-state index contributed by atoms with van der Waals surface area (Å²) in [4.78, 5) is 13.0. The number of rotatable bonds is 40. The van der Waals surface area contributed by atoms with Crippen molar-refractivity contribution in [1.29, 1.82) is 0 Å². The Balaban J connectivity index is 2.40. The first-order chi connectivity index (χ1) is 29.2. The first-order valence-electron chi connectivity index (χ1n) is 24.4. The lowest BCUT2D eigenvalue weighted by Crippen LogP contribution is -2.60. The highest BCUT2D eigenvalue weighted by atomic mass is 16.7. The molecular formula is C49H91NO10. The van der Waals surface area contributed by atoms with Gasteiger partial charge in [0.2, 0.25) is 5.91 Å². The maximum atomic E-state index is 13.0. The quantitative estimate of drug-likeness (QED) is 0.0220. The number of carbonyl (C=O) groups is 1. The second-order valence-corrected chi connectivity index (χ2v) is 17.2. The third-order valence-electron chi connectivity index (χ3n) is 11.6. The average Bonchev–Trinajstić information content (AvgIpc) is 3.25. The van der Waals surface area contributed by atoms with E-state index in [1.165, 1.54) is 103 Å². The summed E-state index contributed by atoms with van der Waals surface area (Å²) in [5.41, 5.74) is 0. The molecule has 11 heteroatoms. The van der Waals surface area contributed by atoms with Gasteiger partial charge in [0.05, 0.1) is 25.4 Å². The fraction of sp³-hybridized carbons (Fsp3) is 0.857. The number of amides is 1. The highest BCUT2D eigenvalue weighted by Gasteiger charge is 2.44. The van der Waals surface area contributed by atoms with Crippen LogP contribution in [0.25, 0.3) is 0 Å². The smallest absolute Gasteiger partial charge is 0.249 e. The van der Waals surface area contributed by atoms with Gasteiger partial charge < -0.3 is 50.5 Å². The van der Waals surface area contributed by atoms with Crippen LogP contribution in [0.15, 0.2) is 36.5 Å². The number of unbranched alkanes of at least 4 members (excludes halogenated alkanes) is 22. The highest BCUT2D eigenvalue weighted by Crippen LogP contribution is 2.23. The minimum Gasteiger partial charge on any atom is -0.394 e. The standard InChI is InChI=1S/C49H91NO10/c1-3-5-7-9-11-13-15-16-17-18-19-20-21-22-23-24-25-26-27-29-30-32-34-36-41(52)44(54)40(39-59-49-47(57)46(56)45(55)43(38-51)60-49)50-48(58)42(53)37-35-33-31-28-14-12-10-8-6-4-2/h10,12,24-25,29-30,40-47,49,51-57H,3-9,11,13-23,26-28,31-39H2,1-2H3,(H,50,58)/b12-10-,25-24+,30-29+. The molecule has 0 radical (unpaired) electrons. The minimum atomic E-state index is -1.67. The summed E-state index contributed by atoms with van der Waals surface area (Å²) in [6, 6.07) is -1.19. The lowest BCUT2D eigenvalue weighted by molar-refractivity contribution is -0.303. The van der Waals surface area contributed by atoms with Crippen molar-refractivity contribution < 1.29 is 50.0 Å². The fourth-order valence-corrected chi connectivity index (χ4v) is 7.55. The van der Waals surface area contributed by atoms with Crippen LogP contribution in [0.5, 0.6) is 0 Å². The third-order valence-corrected chi connectivity index (χ3v) is 11.6. The Hall–Kier alpha value is -1.67. The molecule has 1 rings (SSSR count). The van der Waals surface area contributed by atoms with Gasteiger partial charge in [0.1, 0.15) is 36.6 Å². The summed E-state index contributed by atoms with van der Waals surface area (Å²) < 4.78 is 11.1. The van der Waals surface area contributed by atoms with E-state index in [4.69, 9.17) is 9.47 Å². The highest BCUT2D eigenvalue weighted by molar-refractivity contribution is 5.80. The average molecular weight is 854 g/mol. The minimum absolute atomic E-state index is 0.235. The van der Waals surface area contributed by atoms with Gasteiger partial charge >= 0.3 is 0 Å². The van der Waals surface area contributed by atoms with Crippen molar-refractivity contribution in [3.05, 3.63) is 36.5 Å².